The van der Waals surface area contributed by atoms with Crippen LogP contribution in [0, 0.1) is 5.82 Å². The van der Waals surface area contributed by atoms with Gasteiger partial charge in [-0.05, 0) is 45.3 Å². The molecule has 6 heteroatoms. The van der Waals surface area contributed by atoms with Crippen LogP contribution in [0.25, 0.3) is 0 Å². The molecule has 1 saturated heterocycles. The molecule has 4 nitrogen and oxygen atoms in total. The van der Waals surface area contributed by atoms with Crippen LogP contribution in [0.15, 0.2) is 12.1 Å². The highest BCUT2D eigenvalue weighted by Crippen LogP contribution is 2.36. The third kappa shape index (κ3) is 1.95. The van der Waals surface area contributed by atoms with Gasteiger partial charge in [0.05, 0.1) is 22.6 Å². The van der Waals surface area contributed by atoms with Gasteiger partial charge in [0.2, 0.25) is 0 Å². The number of nitrogens with two attached hydrogens (primary N) is 2. The molecule has 18 heavy (non-hydrogen) atoms. The molecule has 0 unspecified atom stereocenters. The fourth-order valence-corrected chi connectivity index (χ4v) is 1.78. The Morgan fingerprint density at radius 3 is 2.00 bits per heavy atom. The van der Waals surface area contributed by atoms with Gasteiger partial charge >= 0.3 is 7.12 Å². The van der Waals surface area contributed by atoms with Gasteiger partial charge in [-0.15, -0.1) is 0 Å². The van der Waals surface area contributed by atoms with Crippen LogP contribution in [0.4, 0.5) is 15.8 Å². The van der Waals surface area contributed by atoms with E-state index in [9.17, 15) is 4.39 Å². The maximum Gasteiger partial charge on any atom is 0.495 e. The summed E-state index contributed by atoms with van der Waals surface area (Å²) in [6.45, 7) is 7.74. The molecular formula is C12H18BFN2O2. The van der Waals surface area contributed by atoms with E-state index < -0.39 is 24.1 Å². The number of rotatable bonds is 1. The molecule has 1 aliphatic rings. The minimum absolute atomic E-state index is 0.0460. The third-order valence-corrected chi connectivity index (χ3v) is 3.71. The molecule has 0 amide bonds. The average Bonchev–Trinajstić information content (AvgIpc) is 2.44. The van der Waals surface area contributed by atoms with Gasteiger partial charge in [-0.1, -0.05) is 0 Å². The SMILES string of the molecule is CC1(C)OB(c2cc(N)c(N)c(F)c2)OC1(C)C. The van der Waals surface area contributed by atoms with Crippen molar-refractivity contribution in [3.8, 4) is 0 Å². The van der Waals surface area contributed by atoms with Crippen LogP contribution in [0.3, 0.4) is 0 Å². The number of hydrogen-bond acceptors (Lipinski definition) is 4. The number of anilines is 2. The van der Waals surface area contributed by atoms with E-state index in [-0.39, 0.29) is 11.4 Å². The molecule has 1 aromatic rings. The van der Waals surface area contributed by atoms with E-state index >= 15 is 0 Å². The highest BCUT2D eigenvalue weighted by atomic mass is 19.1. The minimum atomic E-state index is -0.632. The lowest BCUT2D eigenvalue weighted by Gasteiger charge is -2.32. The zero-order valence-electron chi connectivity index (χ0n) is 11.1. The third-order valence-electron chi connectivity index (χ3n) is 3.71. The van der Waals surface area contributed by atoms with Crippen molar-refractivity contribution in [2.45, 2.75) is 38.9 Å². The van der Waals surface area contributed by atoms with Crippen LogP contribution in [-0.2, 0) is 9.31 Å². The lowest BCUT2D eigenvalue weighted by molar-refractivity contribution is 0.00578. The summed E-state index contributed by atoms with van der Waals surface area (Å²) in [5.74, 6) is -0.556. The zero-order valence-corrected chi connectivity index (χ0v) is 11.1. The smallest absolute Gasteiger partial charge is 0.399 e. The Bertz CT molecular complexity index is 452. The fraction of sp³-hybridized carbons (Fsp3) is 0.500. The summed E-state index contributed by atoms with van der Waals surface area (Å²) in [4.78, 5) is 0. The Balaban J connectivity index is 2.36. The lowest BCUT2D eigenvalue weighted by atomic mass is 9.78. The number of nitrogen functional groups attached to an aromatic ring is 2. The molecule has 0 aromatic heterocycles. The van der Waals surface area contributed by atoms with E-state index in [1.165, 1.54) is 6.07 Å². The minimum Gasteiger partial charge on any atom is -0.399 e. The summed E-state index contributed by atoms with van der Waals surface area (Å²) in [6.07, 6.45) is 0. The first kappa shape index (κ1) is 13.2. The highest BCUT2D eigenvalue weighted by molar-refractivity contribution is 6.62. The van der Waals surface area contributed by atoms with Crippen LogP contribution in [0.5, 0.6) is 0 Å². The highest BCUT2D eigenvalue weighted by Gasteiger charge is 2.51. The first-order chi connectivity index (χ1) is 8.14. The molecule has 1 aliphatic heterocycles. The summed E-state index contributed by atoms with van der Waals surface area (Å²) >= 11 is 0. The fourth-order valence-electron chi connectivity index (χ4n) is 1.78. The first-order valence-electron chi connectivity index (χ1n) is 5.84. The van der Waals surface area contributed by atoms with Gasteiger partial charge in [0.25, 0.3) is 0 Å². The van der Waals surface area contributed by atoms with Gasteiger partial charge in [0.15, 0.2) is 0 Å². The van der Waals surface area contributed by atoms with E-state index in [0.717, 1.165) is 0 Å². The Morgan fingerprint density at radius 2 is 1.56 bits per heavy atom. The van der Waals surface area contributed by atoms with Gasteiger partial charge in [-0.25, -0.2) is 4.39 Å². The van der Waals surface area contributed by atoms with Crippen LogP contribution in [0.1, 0.15) is 27.7 Å². The maximum absolute atomic E-state index is 13.6. The predicted octanol–water partition coefficient (Wildman–Crippen LogP) is 1.29. The molecule has 0 atom stereocenters. The largest absolute Gasteiger partial charge is 0.495 e. The van der Waals surface area contributed by atoms with Crippen LogP contribution < -0.4 is 16.9 Å². The van der Waals surface area contributed by atoms with Crippen molar-refractivity contribution < 1.29 is 13.7 Å². The van der Waals surface area contributed by atoms with Crippen molar-refractivity contribution in [2.24, 2.45) is 0 Å². The van der Waals surface area contributed by atoms with E-state index in [1.54, 1.807) is 6.07 Å². The van der Waals surface area contributed by atoms with Crippen molar-refractivity contribution in [2.75, 3.05) is 11.5 Å². The van der Waals surface area contributed by atoms with E-state index in [0.29, 0.717) is 5.46 Å². The molecule has 4 N–H and O–H groups in total. The van der Waals surface area contributed by atoms with E-state index in [1.807, 2.05) is 27.7 Å². The average molecular weight is 252 g/mol. The molecule has 0 spiro atoms. The first-order valence-corrected chi connectivity index (χ1v) is 5.84. The number of hydrogen-bond donors (Lipinski definition) is 2. The van der Waals surface area contributed by atoms with Crippen molar-refractivity contribution in [3.05, 3.63) is 17.9 Å². The van der Waals surface area contributed by atoms with Crippen LogP contribution >= 0.6 is 0 Å². The topological polar surface area (TPSA) is 70.5 Å². The van der Waals surface area contributed by atoms with Gasteiger partial charge in [-0.2, -0.15) is 0 Å². The summed E-state index contributed by atoms with van der Waals surface area (Å²) in [6, 6.07) is 2.88. The second-order valence-electron chi connectivity index (χ2n) is 5.59. The molecule has 98 valence electrons. The van der Waals surface area contributed by atoms with Gasteiger partial charge in [-0.3, -0.25) is 0 Å². The quantitative estimate of drug-likeness (QED) is 0.583. The number of benzene rings is 1. The molecular weight excluding hydrogens is 234 g/mol. The summed E-state index contributed by atoms with van der Waals surface area (Å²) < 4.78 is 25.2. The second kappa shape index (κ2) is 3.86. The van der Waals surface area contributed by atoms with Gasteiger partial charge in [0, 0.05) is 0 Å². The Kier molecular flexibility index (Phi) is 2.83. The summed E-state index contributed by atoms with van der Waals surface area (Å²) in [5, 5.41) is 0. The Labute approximate surface area is 107 Å². The molecule has 0 saturated carbocycles. The molecule has 1 fully saturated rings. The normalized spacial score (nSPS) is 21.3. The Morgan fingerprint density at radius 1 is 1.06 bits per heavy atom. The Hall–Kier alpha value is -1.27. The maximum atomic E-state index is 13.6. The van der Waals surface area contributed by atoms with Crippen molar-refractivity contribution in [1.82, 2.24) is 0 Å². The molecule has 1 aromatic carbocycles. The van der Waals surface area contributed by atoms with Crippen molar-refractivity contribution in [3.63, 3.8) is 0 Å². The van der Waals surface area contributed by atoms with Gasteiger partial charge < -0.3 is 20.8 Å². The summed E-state index contributed by atoms with van der Waals surface area (Å²) in [7, 11) is -0.632. The van der Waals surface area contributed by atoms with E-state index in [2.05, 4.69) is 0 Å². The molecule has 2 rings (SSSR count). The monoisotopic (exact) mass is 252 g/mol. The van der Waals surface area contributed by atoms with Crippen molar-refractivity contribution >= 4 is 24.0 Å². The predicted molar refractivity (Wildman–Crippen MR) is 70.9 cm³/mol. The molecule has 1 heterocycles. The molecule has 0 aliphatic carbocycles. The van der Waals surface area contributed by atoms with Crippen molar-refractivity contribution in [1.29, 1.82) is 0 Å². The number of halogens is 1. The van der Waals surface area contributed by atoms with Crippen LogP contribution in [0.2, 0.25) is 0 Å². The zero-order chi connectivity index (χ0) is 13.7. The standard InChI is InChI=1S/C12H18BFN2O2/c1-11(2)12(3,4)18-13(17-11)7-5-8(14)10(16)9(15)6-7/h5-6H,15-16H2,1-4H3. The van der Waals surface area contributed by atoms with Crippen LogP contribution in [-0.4, -0.2) is 18.3 Å². The lowest BCUT2D eigenvalue weighted by Crippen LogP contribution is -2.41. The van der Waals surface area contributed by atoms with E-state index in [4.69, 9.17) is 20.8 Å². The molecule has 0 radical (unpaired) electrons. The second-order valence-corrected chi connectivity index (χ2v) is 5.59. The molecule has 0 bridgehead atoms. The van der Waals surface area contributed by atoms with Gasteiger partial charge in [0.1, 0.15) is 5.82 Å². The summed E-state index contributed by atoms with van der Waals surface area (Å²) in [5.41, 5.74) is 10.9.